The number of nitrogens with two attached hydrogens (primary N) is 1. The van der Waals surface area contributed by atoms with Crippen LogP contribution >= 0.6 is 11.6 Å². The van der Waals surface area contributed by atoms with E-state index in [0.717, 1.165) is 25.7 Å². The van der Waals surface area contributed by atoms with Crippen LogP contribution in [0.5, 0.6) is 11.5 Å². The van der Waals surface area contributed by atoms with Crippen LogP contribution in [0.4, 0.5) is 5.69 Å². The molecule has 1 aromatic carbocycles. The first-order valence-corrected chi connectivity index (χ1v) is 7.61. The number of rotatable bonds is 3. The van der Waals surface area contributed by atoms with Crippen molar-refractivity contribution in [1.29, 1.82) is 0 Å². The molecule has 0 spiro atoms. The van der Waals surface area contributed by atoms with E-state index in [4.69, 9.17) is 26.8 Å². The molecule has 3 rings (SSSR count). The fraction of sp³-hybridized carbons (Fsp3) is 0.533. The van der Waals surface area contributed by atoms with Gasteiger partial charge in [-0.05, 0) is 12.8 Å². The number of nitrogens with one attached hydrogen (secondary N) is 1. The number of hydrogen-bond donors (Lipinski definition) is 2. The van der Waals surface area contributed by atoms with Crippen LogP contribution in [0, 0.1) is 0 Å². The van der Waals surface area contributed by atoms with Gasteiger partial charge in [0.1, 0.15) is 13.2 Å². The van der Waals surface area contributed by atoms with Gasteiger partial charge in [-0.3, -0.25) is 4.79 Å². The molecule has 2 aliphatic rings. The fourth-order valence-electron chi connectivity index (χ4n) is 2.93. The molecule has 21 heavy (non-hydrogen) atoms. The van der Waals surface area contributed by atoms with Crippen LogP contribution in [0.3, 0.4) is 0 Å². The third-order valence-electron chi connectivity index (χ3n) is 4.02. The van der Waals surface area contributed by atoms with Gasteiger partial charge in [0.05, 0.1) is 10.7 Å². The molecule has 0 bridgehead atoms. The zero-order chi connectivity index (χ0) is 14.9. The Balaban J connectivity index is 1.70. The lowest BCUT2D eigenvalue weighted by atomic mass is 9.94. The van der Waals surface area contributed by atoms with Crippen LogP contribution in [-0.4, -0.2) is 24.7 Å². The summed E-state index contributed by atoms with van der Waals surface area (Å²) in [7, 11) is 0. The van der Waals surface area contributed by atoms with Crippen molar-refractivity contribution in [1.82, 2.24) is 0 Å². The van der Waals surface area contributed by atoms with E-state index in [0.29, 0.717) is 41.8 Å². The molecular weight excluding hydrogens is 292 g/mol. The average Bonchev–Trinajstić information content (AvgIpc) is 2.86. The molecule has 5 nitrogen and oxygen atoms in total. The molecule has 3 N–H and O–H groups in total. The van der Waals surface area contributed by atoms with Gasteiger partial charge in [0.15, 0.2) is 11.5 Å². The second kappa shape index (κ2) is 5.73. The zero-order valence-electron chi connectivity index (χ0n) is 11.8. The molecule has 1 amide bonds. The number of anilines is 1. The van der Waals surface area contributed by atoms with E-state index < -0.39 is 0 Å². The van der Waals surface area contributed by atoms with Crippen molar-refractivity contribution in [2.45, 2.75) is 37.6 Å². The molecule has 1 aliphatic carbocycles. The van der Waals surface area contributed by atoms with Gasteiger partial charge in [-0.25, -0.2) is 0 Å². The number of carbonyl (C=O) groups is 1. The van der Waals surface area contributed by atoms with Crippen molar-refractivity contribution in [3.8, 4) is 11.5 Å². The van der Waals surface area contributed by atoms with Crippen molar-refractivity contribution in [3.05, 3.63) is 17.2 Å². The smallest absolute Gasteiger partial charge is 0.226 e. The quantitative estimate of drug-likeness (QED) is 0.900. The highest BCUT2D eigenvalue weighted by Gasteiger charge is 2.32. The maximum Gasteiger partial charge on any atom is 0.226 e. The summed E-state index contributed by atoms with van der Waals surface area (Å²) in [5, 5.41) is 3.26. The first-order chi connectivity index (χ1) is 10.1. The van der Waals surface area contributed by atoms with E-state index in [1.165, 1.54) is 0 Å². The third-order valence-corrected chi connectivity index (χ3v) is 4.33. The average molecular weight is 311 g/mol. The van der Waals surface area contributed by atoms with Crippen LogP contribution in [-0.2, 0) is 4.79 Å². The van der Waals surface area contributed by atoms with E-state index in [-0.39, 0.29) is 11.4 Å². The molecule has 1 aromatic rings. The van der Waals surface area contributed by atoms with E-state index >= 15 is 0 Å². The molecule has 0 saturated heterocycles. The lowest BCUT2D eigenvalue weighted by Gasteiger charge is -2.23. The predicted octanol–water partition coefficient (Wildman–Crippen LogP) is 2.71. The third kappa shape index (κ3) is 3.24. The number of fused-ring (bicyclic) bond motifs is 1. The van der Waals surface area contributed by atoms with Gasteiger partial charge < -0.3 is 20.5 Å². The van der Waals surface area contributed by atoms with E-state index in [1.807, 2.05) is 0 Å². The Morgan fingerprint density at radius 3 is 2.52 bits per heavy atom. The lowest BCUT2D eigenvalue weighted by molar-refractivity contribution is -0.117. The molecule has 1 aliphatic heterocycles. The second-order valence-corrected chi connectivity index (χ2v) is 6.18. The van der Waals surface area contributed by atoms with Gasteiger partial charge in [-0.1, -0.05) is 24.4 Å². The molecule has 6 heteroatoms. The number of amides is 1. The molecule has 0 aromatic heterocycles. The zero-order valence-corrected chi connectivity index (χ0v) is 12.5. The Labute approximate surface area is 128 Å². The first kappa shape index (κ1) is 14.5. The van der Waals surface area contributed by atoms with Crippen LogP contribution in [0.25, 0.3) is 0 Å². The minimum Gasteiger partial charge on any atom is -0.486 e. The van der Waals surface area contributed by atoms with Crippen molar-refractivity contribution in [2.75, 3.05) is 18.5 Å². The minimum absolute atomic E-state index is 0.113. The maximum absolute atomic E-state index is 12.2. The summed E-state index contributed by atoms with van der Waals surface area (Å²) in [6.07, 6.45) is 4.30. The minimum atomic E-state index is -0.371. The van der Waals surface area contributed by atoms with Gasteiger partial charge in [0.25, 0.3) is 0 Å². The van der Waals surface area contributed by atoms with Gasteiger partial charge in [-0.15, -0.1) is 0 Å². The summed E-state index contributed by atoms with van der Waals surface area (Å²) < 4.78 is 10.9. The SMILES string of the molecule is NC1(CC(=O)Nc2cc3c(cc2Cl)OCCO3)CCCC1. The maximum atomic E-state index is 12.2. The second-order valence-electron chi connectivity index (χ2n) is 5.77. The summed E-state index contributed by atoms with van der Waals surface area (Å²) in [6.45, 7) is 0.999. The van der Waals surface area contributed by atoms with Gasteiger partial charge in [-0.2, -0.15) is 0 Å². The van der Waals surface area contributed by atoms with Crippen molar-refractivity contribution >= 4 is 23.2 Å². The fourth-order valence-corrected chi connectivity index (χ4v) is 3.13. The molecule has 0 radical (unpaired) electrons. The summed E-state index contributed by atoms with van der Waals surface area (Å²) >= 11 is 6.18. The van der Waals surface area contributed by atoms with Crippen LogP contribution in [0.2, 0.25) is 5.02 Å². The molecular formula is C15H19ClN2O3. The van der Waals surface area contributed by atoms with Crippen molar-refractivity contribution in [2.24, 2.45) is 5.73 Å². The van der Waals surface area contributed by atoms with Crippen LogP contribution in [0.15, 0.2) is 12.1 Å². The summed E-state index contributed by atoms with van der Waals surface area (Å²) in [4.78, 5) is 12.2. The van der Waals surface area contributed by atoms with Crippen LogP contribution in [0.1, 0.15) is 32.1 Å². The summed E-state index contributed by atoms with van der Waals surface area (Å²) in [5.41, 5.74) is 6.39. The first-order valence-electron chi connectivity index (χ1n) is 7.24. The number of halogens is 1. The molecule has 0 atom stereocenters. The Hall–Kier alpha value is -1.46. The number of benzene rings is 1. The molecule has 1 saturated carbocycles. The number of carbonyl (C=O) groups excluding carboxylic acids is 1. The van der Waals surface area contributed by atoms with Gasteiger partial charge >= 0.3 is 0 Å². The highest BCUT2D eigenvalue weighted by molar-refractivity contribution is 6.34. The van der Waals surface area contributed by atoms with Crippen molar-refractivity contribution < 1.29 is 14.3 Å². The monoisotopic (exact) mass is 310 g/mol. The molecule has 114 valence electrons. The highest BCUT2D eigenvalue weighted by atomic mass is 35.5. The summed E-state index contributed by atoms with van der Waals surface area (Å²) in [5.74, 6) is 1.09. The van der Waals surface area contributed by atoms with Gasteiger partial charge in [0, 0.05) is 24.1 Å². The van der Waals surface area contributed by atoms with Crippen molar-refractivity contribution in [3.63, 3.8) is 0 Å². The summed E-state index contributed by atoms with van der Waals surface area (Å²) in [6, 6.07) is 3.37. The highest BCUT2D eigenvalue weighted by Crippen LogP contribution is 2.38. The Kier molecular flexibility index (Phi) is 3.95. The molecule has 1 fully saturated rings. The number of hydrogen-bond acceptors (Lipinski definition) is 4. The molecule has 1 heterocycles. The van der Waals surface area contributed by atoms with Gasteiger partial charge in [0.2, 0.25) is 5.91 Å². The van der Waals surface area contributed by atoms with E-state index in [9.17, 15) is 4.79 Å². The Bertz CT molecular complexity index is 556. The Morgan fingerprint density at radius 2 is 1.86 bits per heavy atom. The lowest BCUT2D eigenvalue weighted by Crippen LogP contribution is -2.40. The largest absolute Gasteiger partial charge is 0.486 e. The standard InChI is InChI=1S/C15H19ClN2O3/c16-10-7-12-13(21-6-5-20-12)8-11(10)18-14(19)9-15(17)3-1-2-4-15/h7-8H,1-6,9,17H2,(H,18,19). The normalized spacial score (nSPS) is 19.3. The van der Waals surface area contributed by atoms with Crippen LogP contribution < -0.4 is 20.5 Å². The number of ether oxygens (including phenoxy) is 2. The Morgan fingerprint density at radius 1 is 1.24 bits per heavy atom. The van der Waals surface area contributed by atoms with E-state index in [1.54, 1.807) is 12.1 Å². The predicted molar refractivity (Wildman–Crippen MR) is 81.1 cm³/mol. The van der Waals surface area contributed by atoms with E-state index in [2.05, 4.69) is 5.32 Å². The molecule has 0 unspecified atom stereocenters. The topological polar surface area (TPSA) is 73.6 Å².